The quantitative estimate of drug-likeness (QED) is 0.919. The van der Waals surface area contributed by atoms with Gasteiger partial charge in [-0.25, -0.2) is 9.18 Å². The molecule has 3 rings (SSSR count). The fourth-order valence-corrected chi connectivity index (χ4v) is 3.04. The number of urea groups is 1. The molecule has 1 aromatic carbocycles. The van der Waals surface area contributed by atoms with Gasteiger partial charge in [0.15, 0.2) is 17.4 Å². The fourth-order valence-electron chi connectivity index (χ4n) is 3.04. The molecule has 2 aromatic rings. The zero-order valence-corrected chi connectivity index (χ0v) is 14.3. The second-order valence-electron chi connectivity index (χ2n) is 6.17. The Bertz CT molecular complexity index is 749. The average Bonchev–Trinajstić information content (AvgIpc) is 3.01. The topological polar surface area (TPSA) is 80.5 Å². The molecule has 1 aliphatic rings. The molecule has 1 aliphatic heterocycles. The summed E-state index contributed by atoms with van der Waals surface area (Å²) in [6.45, 7) is 3.07. The zero-order chi connectivity index (χ0) is 17.8. The van der Waals surface area contributed by atoms with Gasteiger partial charge in [-0.15, -0.1) is 0 Å². The van der Waals surface area contributed by atoms with Crippen LogP contribution < -0.4 is 10.1 Å². The van der Waals surface area contributed by atoms with Gasteiger partial charge in [0.05, 0.1) is 7.11 Å². The summed E-state index contributed by atoms with van der Waals surface area (Å²) in [6.07, 6.45) is 2.62. The van der Waals surface area contributed by atoms with E-state index in [2.05, 4.69) is 15.5 Å². The third-order valence-corrected chi connectivity index (χ3v) is 4.25. The molecule has 0 radical (unpaired) electrons. The van der Waals surface area contributed by atoms with Gasteiger partial charge in [0.1, 0.15) is 0 Å². The Morgan fingerprint density at radius 1 is 1.52 bits per heavy atom. The third kappa shape index (κ3) is 4.26. The second-order valence-corrected chi connectivity index (χ2v) is 6.17. The van der Waals surface area contributed by atoms with E-state index in [1.54, 1.807) is 11.8 Å². The van der Waals surface area contributed by atoms with Gasteiger partial charge in [-0.2, -0.15) is 4.98 Å². The first kappa shape index (κ1) is 17.2. The van der Waals surface area contributed by atoms with Gasteiger partial charge in [-0.3, -0.25) is 0 Å². The van der Waals surface area contributed by atoms with E-state index >= 15 is 0 Å². The number of hydrogen-bond acceptors (Lipinski definition) is 5. The monoisotopic (exact) mass is 348 g/mol. The van der Waals surface area contributed by atoms with E-state index in [1.807, 2.05) is 0 Å². The third-order valence-electron chi connectivity index (χ3n) is 4.25. The molecule has 25 heavy (non-hydrogen) atoms. The standard InChI is InChI=1S/C17H21FN4O3/c1-11-19-16(21-25-11)8-12-4-3-7-22(10-12)17(23)20-13-5-6-14(18)15(9-13)24-2/h5-6,9,12H,3-4,7-8,10H2,1-2H3,(H,20,23). The normalized spacial score (nSPS) is 17.4. The van der Waals surface area contributed by atoms with Gasteiger partial charge < -0.3 is 19.5 Å². The minimum atomic E-state index is -0.464. The van der Waals surface area contributed by atoms with Gasteiger partial charge in [-0.1, -0.05) is 5.16 Å². The summed E-state index contributed by atoms with van der Waals surface area (Å²) >= 11 is 0. The summed E-state index contributed by atoms with van der Waals surface area (Å²) in [5.41, 5.74) is 0.499. The first-order valence-corrected chi connectivity index (χ1v) is 8.24. The van der Waals surface area contributed by atoms with Crippen molar-refractivity contribution in [1.82, 2.24) is 15.0 Å². The van der Waals surface area contributed by atoms with Crippen molar-refractivity contribution in [3.05, 3.63) is 35.7 Å². The zero-order valence-electron chi connectivity index (χ0n) is 14.3. The van der Waals surface area contributed by atoms with Crippen LogP contribution in [0.5, 0.6) is 5.75 Å². The highest BCUT2D eigenvalue weighted by Crippen LogP contribution is 2.23. The minimum Gasteiger partial charge on any atom is -0.494 e. The van der Waals surface area contributed by atoms with Gasteiger partial charge in [0, 0.05) is 38.2 Å². The van der Waals surface area contributed by atoms with Crippen molar-refractivity contribution in [3.63, 3.8) is 0 Å². The maximum Gasteiger partial charge on any atom is 0.321 e. The highest BCUT2D eigenvalue weighted by Gasteiger charge is 2.25. The number of nitrogens with zero attached hydrogens (tertiary/aromatic N) is 3. The molecule has 134 valence electrons. The first-order chi connectivity index (χ1) is 12.0. The molecular formula is C17H21FN4O3. The summed E-state index contributed by atoms with van der Waals surface area (Å²) in [4.78, 5) is 18.5. The lowest BCUT2D eigenvalue weighted by Crippen LogP contribution is -2.42. The van der Waals surface area contributed by atoms with Crippen molar-refractivity contribution < 1.29 is 18.4 Å². The smallest absolute Gasteiger partial charge is 0.321 e. The van der Waals surface area contributed by atoms with E-state index in [1.165, 1.54) is 25.3 Å². The molecule has 1 fully saturated rings. The van der Waals surface area contributed by atoms with Crippen molar-refractivity contribution >= 4 is 11.7 Å². The number of piperidine rings is 1. The molecule has 2 heterocycles. The summed E-state index contributed by atoms with van der Waals surface area (Å²) in [6, 6.07) is 4.05. The van der Waals surface area contributed by atoms with Gasteiger partial charge in [-0.05, 0) is 30.9 Å². The Balaban J connectivity index is 1.60. The number of aromatic nitrogens is 2. The van der Waals surface area contributed by atoms with Crippen LogP contribution >= 0.6 is 0 Å². The molecular weight excluding hydrogens is 327 g/mol. The van der Waals surface area contributed by atoms with Crippen molar-refractivity contribution in [1.29, 1.82) is 0 Å². The number of methoxy groups -OCH3 is 1. The van der Waals surface area contributed by atoms with Crippen LogP contribution in [0.15, 0.2) is 22.7 Å². The number of carbonyl (C=O) groups excluding carboxylic acids is 1. The maximum absolute atomic E-state index is 13.5. The van der Waals surface area contributed by atoms with Crippen LogP contribution in [0, 0.1) is 18.7 Å². The maximum atomic E-state index is 13.5. The minimum absolute atomic E-state index is 0.0989. The number of nitrogens with one attached hydrogen (secondary N) is 1. The molecule has 0 bridgehead atoms. The van der Waals surface area contributed by atoms with Gasteiger partial charge >= 0.3 is 6.03 Å². The van der Waals surface area contributed by atoms with E-state index in [0.717, 1.165) is 12.8 Å². The number of likely N-dealkylation sites (tertiary alicyclic amines) is 1. The van der Waals surface area contributed by atoms with Crippen LogP contribution in [0.25, 0.3) is 0 Å². The lowest BCUT2D eigenvalue weighted by molar-refractivity contribution is 0.176. The average molecular weight is 348 g/mol. The Labute approximate surface area is 145 Å². The molecule has 1 saturated heterocycles. The summed E-state index contributed by atoms with van der Waals surface area (Å²) in [7, 11) is 1.39. The van der Waals surface area contributed by atoms with Crippen molar-refractivity contribution in [2.75, 3.05) is 25.5 Å². The summed E-state index contributed by atoms with van der Waals surface area (Å²) in [5.74, 6) is 1.15. The van der Waals surface area contributed by atoms with Crippen LogP contribution in [0.1, 0.15) is 24.6 Å². The summed E-state index contributed by atoms with van der Waals surface area (Å²) in [5, 5.41) is 6.71. The lowest BCUT2D eigenvalue weighted by atomic mass is 9.95. The van der Waals surface area contributed by atoms with E-state index in [0.29, 0.717) is 42.8 Å². The number of halogens is 1. The Morgan fingerprint density at radius 3 is 3.08 bits per heavy atom. The highest BCUT2D eigenvalue weighted by atomic mass is 19.1. The molecule has 8 heteroatoms. The number of amides is 2. The van der Waals surface area contributed by atoms with E-state index in [9.17, 15) is 9.18 Å². The number of rotatable bonds is 4. The molecule has 1 aromatic heterocycles. The summed E-state index contributed by atoms with van der Waals surface area (Å²) < 4.78 is 23.4. The number of hydrogen-bond donors (Lipinski definition) is 1. The number of benzene rings is 1. The first-order valence-electron chi connectivity index (χ1n) is 8.24. The number of anilines is 1. The number of aryl methyl sites for hydroxylation is 1. The predicted molar refractivity (Wildman–Crippen MR) is 89.0 cm³/mol. The number of ether oxygens (including phenoxy) is 1. The van der Waals surface area contributed by atoms with Crippen molar-refractivity contribution in [3.8, 4) is 5.75 Å². The van der Waals surface area contributed by atoms with Crippen molar-refractivity contribution in [2.24, 2.45) is 5.92 Å². The van der Waals surface area contributed by atoms with E-state index in [-0.39, 0.29) is 11.8 Å². The lowest BCUT2D eigenvalue weighted by Gasteiger charge is -2.32. The molecule has 7 nitrogen and oxygen atoms in total. The molecule has 0 aliphatic carbocycles. The Morgan fingerprint density at radius 2 is 2.36 bits per heavy atom. The van der Waals surface area contributed by atoms with E-state index in [4.69, 9.17) is 9.26 Å². The van der Waals surface area contributed by atoms with Crippen molar-refractivity contribution in [2.45, 2.75) is 26.2 Å². The molecule has 2 amide bonds. The predicted octanol–water partition coefficient (Wildman–Crippen LogP) is 3.01. The Kier molecular flexibility index (Phi) is 5.16. The molecule has 1 N–H and O–H groups in total. The molecule has 0 saturated carbocycles. The van der Waals surface area contributed by atoms with Crippen LogP contribution in [-0.2, 0) is 6.42 Å². The second kappa shape index (κ2) is 7.50. The van der Waals surface area contributed by atoms with Crippen LogP contribution in [0.3, 0.4) is 0 Å². The van der Waals surface area contributed by atoms with Gasteiger partial charge in [0.25, 0.3) is 0 Å². The largest absolute Gasteiger partial charge is 0.494 e. The van der Waals surface area contributed by atoms with Crippen LogP contribution in [0.4, 0.5) is 14.9 Å². The molecule has 1 atom stereocenters. The number of carbonyl (C=O) groups is 1. The fraction of sp³-hybridized carbons (Fsp3) is 0.471. The highest BCUT2D eigenvalue weighted by molar-refractivity contribution is 5.89. The van der Waals surface area contributed by atoms with Crippen LogP contribution in [-0.4, -0.2) is 41.3 Å². The Hall–Kier alpha value is -2.64. The van der Waals surface area contributed by atoms with Crippen LogP contribution in [0.2, 0.25) is 0 Å². The van der Waals surface area contributed by atoms with Gasteiger partial charge in [0.2, 0.25) is 5.89 Å². The molecule has 0 spiro atoms. The van der Waals surface area contributed by atoms with E-state index < -0.39 is 5.82 Å². The molecule has 1 unspecified atom stereocenters. The SMILES string of the molecule is COc1cc(NC(=O)N2CCCC(Cc3noc(C)n3)C2)ccc1F.